The van der Waals surface area contributed by atoms with E-state index in [-0.39, 0.29) is 5.69 Å². The van der Waals surface area contributed by atoms with E-state index in [2.05, 4.69) is 9.97 Å². The second kappa shape index (κ2) is 4.56. The molecular weight excluding hydrogens is 222 g/mol. The third-order valence-corrected chi connectivity index (χ3v) is 2.27. The van der Waals surface area contributed by atoms with Crippen LogP contribution in [0.4, 0.5) is 5.69 Å². The normalized spacial score (nSPS) is 9.94. The third-order valence-electron chi connectivity index (χ3n) is 2.27. The molecule has 0 spiro atoms. The van der Waals surface area contributed by atoms with Crippen LogP contribution < -0.4 is 4.74 Å². The molecule has 2 aromatic rings. The second-order valence-electron chi connectivity index (χ2n) is 3.27. The number of nitro groups is 1. The summed E-state index contributed by atoms with van der Waals surface area (Å²) in [6.07, 6.45) is 4.55. The molecule has 0 unspecified atom stereocenters. The third kappa shape index (κ3) is 2.20. The summed E-state index contributed by atoms with van der Waals surface area (Å²) in [6.45, 7) is 0. The van der Waals surface area contributed by atoms with Crippen molar-refractivity contribution in [2.75, 3.05) is 7.11 Å². The van der Waals surface area contributed by atoms with Gasteiger partial charge in [-0.15, -0.1) is 0 Å². The maximum atomic E-state index is 10.7. The summed E-state index contributed by atoms with van der Waals surface area (Å²) in [7, 11) is 1.51. The molecule has 2 rings (SSSR count). The highest BCUT2D eigenvalue weighted by Crippen LogP contribution is 2.32. The molecule has 0 fully saturated rings. The molecule has 0 atom stereocenters. The van der Waals surface area contributed by atoms with Crippen molar-refractivity contribution in [2.24, 2.45) is 0 Å². The van der Waals surface area contributed by atoms with E-state index in [0.29, 0.717) is 16.9 Å². The van der Waals surface area contributed by atoms with E-state index < -0.39 is 4.92 Å². The highest BCUT2D eigenvalue weighted by Gasteiger charge is 2.12. The zero-order chi connectivity index (χ0) is 12.3. The first-order valence-electron chi connectivity index (χ1n) is 4.80. The van der Waals surface area contributed by atoms with E-state index in [4.69, 9.17) is 4.74 Å². The van der Waals surface area contributed by atoms with Crippen molar-refractivity contribution in [3.8, 4) is 16.9 Å². The predicted octanol–water partition coefficient (Wildman–Crippen LogP) is 2.06. The van der Waals surface area contributed by atoms with Gasteiger partial charge in [-0.25, -0.2) is 9.97 Å². The number of hydrogen-bond donors (Lipinski definition) is 0. The fourth-order valence-electron chi connectivity index (χ4n) is 1.47. The fraction of sp³-hybridized carbons (Fsp3) is 0.0909. The molecule has 0 aliphatic carbocycles. The molecule has 0 saturated heterocycles. The quantitative estimate of drug-likeness (QED) is 0.596. The van der Waals surface area contributed by atoms with Crippen molar-refractivity contribution in [3.63, 3.8) is 0 Å². The topological polar surface area (TPSA) is 78.2 Å². The Morgan fingerprint density at radius 3 is 2.59 bits per heavy atom. The zero-order valence-electron chi connectivity index (χ0n) is 9.03. The summed E-state index contributed by atoms with van der Waals surface area (Å²) >= 11 is 0. The maximum Gasteiger partial charge on any atom is 0.270 e. The van der Waals surface area contributed by atoms with Crippen LogP contribution in [0, 0.1) is 10.1 Å². The van der Waals surface area contributed by atoms with Crippen molar-refractivity contribution in [1.29, 1.82) is 0 Å². The van der Waals surface area contributed by atoms with Crippen molar-refractivity contribution in [3.05, 3.63) is 47.0 Å². The zero-order valence-corrected chi connectivity index (χ0v) is 9.03. The van der Waals surface area contributed by atoms with E-state index in [1.165, 1.54) is 25.6 Å². The minimum atomic E-state index is -0.452. The van der Waals surface area contributed by atoms with Gasteiger partial charge in [-0.3, -0.25) is 10.1 Å². The summed E-state index contributed by atoms with van der Waals surface area (Å²) in [5.74, 6) is 0.547. The average molecular weight is 231 g/mol. The summed E-state index contributed by atoms with van der Waals surface area (Å²) in [5.41, 5.74) is 1.28. The molecule has 6 heteroatoms. The van der Waals surface area contributed by atoms with E-state index in [0.717, 1.165) is 0 Å². The lowest BCUT2D eigenvalue weighted by Crippen LogP contribution is -1.93. The molecule has 1 heterocycles. The minimum Gasteiger partial charge on any atom is -0.496 e. The Hall–Kier alpha value is -2.50. The molecule has 0 amide bonds. The number of benzene rings is 1. The predicted molar refractivity (Wildman–Crippen MR) is 60.7 cm³/mol. The number of ether oxygens (including phenoxy) is 1. The highest BCUT2D eigenvalue weighted by atomic mass is 16.6. The molecule has 1 aromatic heterocycles. The second-order valence-corrected chi connectivity index (χ2v) is 3.27. The van der Waals surface area contributed by atoms with Crippen LogP contribution in [0.5, 0.6) is 5.75 Å². The molecule has 0 aliphatic rings. The fourth-order valence-corrected chi connectivity index (χ4v) is 1.47. The molecule has 1 aromatic carbocycles. The van der Waals surface area contributed by atoms with Gasteiger partial charge < -0.3 is 4.74 Å². The van der Waals surface area contributed by atoms with Crippen LogP contribution in [-0.2, 0) is 0 Å². The first kappa shape index (κ1) is 11.0. The number of hydrogen-bond acceptors (Lipinski definition) is 5. The van der Waals surface area contributed by atoms with Crippen LogP contribution in [-0.4, -0.2) is 22.0 Å². The number of aromatic nitrogens is 2. The van der Waals surface area contributed by atoms with E-state index in [9.17, 15) is 10.1 Å². The molecule has 0 radical (unpaired) electrons. The van der Waals surface area contributed by atoms with Gasteiger partial charge in [0.25, 0.3) is 5.69 Å². The van der Waals surface area contributed by atoms with Gasteiger partial charge in [-0.2, -0.15) is 0 Å². The summed E-state index contributed by atoms with van der Waals surface area (Å²) in [5, 5.41) is 10.7. The summed E-state index contributed by atoms with van der Waals surface area (Å²) < 4.78 is 5.16. The number of nitrogens with zero attached hydrogens (tertiary/aromatic N) is 3. The van der Waals surface area contributed by atoms with Crippen molar-refractivity contribution < 1.29 is 9.66 Å². The lowest BCUT2D eigenvalue weighted by molar-refractivity contribution is -0.384. The van der Waals surface area contributed by atoms with Gasteiger partial charge in [-0.05, 0) is 6.07 Å². The molecule has 0 aliphatic heterocycles. The van der Waals surface area contributed by atoms with Gasteiger partial charge in [0.15, 0.2) is 0 Å². The SMILES string of the molecule is COc1ccc([N+](=O)[O-])cc1-c1cncnc1. The minimum absolute atomic E-state index is 0.00431. The average Bonchev–Trinajstić information content (AvgIpc) is 2.39. The standard InChI is InChI=1S/C11H9N3O3/c1-17-11-3-2-9(14(15)16)4-10(11)8-5-12-7-13-6-8/h2-7H,1H3. The van der Waals surface area contributed by atoms with E-state index >= 15 is 0 Å². The molecule has 6 nitrogen and oxygen atoms in total. The van der Waals surface area contributed by atoms with Crippen LogP contribution in [0.25, 0.3) is 11.1 Å². The van der Waals surface area contributed by atoms with Crippen LogP contribution in [0.1, 0.15) is 0 Å². The number of rotatable bonds is 3. The van der Waals surface area contributed by atoms with Gasteiger partial charge in [-0.1, -0.05) is 0 Å². The molecule has 0 N–H and O–H groups in total. The first-order valence-corrected chi connectivity index (χ1v) is 4.80. The Morgan fingerprint density at radius 1 is 1.29 bits per heavy atom. The maximum absolute atomic E-state index is 10.7. The van der Waals surface area contributed by atoms with Crippen LogP contribution in [0.3, 0.4) is 0 Å². The Morgan fingerprint density at radius 2 is 2.00 bits per heavy atom. The highest BCUT2D eigenvalue weighted by molar-refractivity contribution is 5.71. The van der Waals surface area contributed by atoms with Gasteiger partial charge in [0, 0.05) is 35.7 Å². The Labute approximate surface area is 97.1 Å². The van der Waals surface area contributed by atoms with E-state index in [1.807, 2.05) is 0 Å². The molecule has 17 heavy (non-hydrogen) atoms. The summed E-state index contributed by atoms with van der Waals surface area (Å²) in [4.78, 5) is 18.0. The molecule has 86 valence electrons. The van der Waals surface area contributed by atoms with Gasteiger partial charge in [0.1, 0.15) is 12.1 Å². The Kier molecular flexibility index (Phi) is 2.95. The van der Waals surface area contributed by atoms with Gasteiger partial charge >= 0.3 is 0 Å². The van der Waals surface area contributed by atoms with E-state index in [1.54, 1.807) is 18.5 Å². The molecular formula is C11H9N3O3. The lowest BCUT2D eigenvalue weighted by Gasteiger charge is -2.07. The van der Waals surface area contributed by atoms with Crippen molar-refractivity contribution in [1.82, 2.24) is 9.97 Å². The summed E-state index contributed by atoms with van der Waals surface area (Å²) in [6, 6.07) is 4.39. The van der Waals surface area contributed by atoms with Crippen LogP contribution in [0.15, 0.2) is 36.9 Å². The van der Waals surface area contributed by atoms with Crippen molar-refractivity contribution >= 4 is 5.69 Å². The number of non-ortho nitro benzene ring substituents is 1. The largest absolute Gasteiger partial charge is 0.496 e. The van der Waals surface area contributed by atoms with Crippen LogP contribution >= 0.6 is 0 Å². The molecule has 0 bridgehead atoms. The number of methoxy groups -OCH3 is 1. The molecule has 0 saturated carbocycles. The van der Waals surface area contributed by atoms with Crippen LogP contribution in [0.2, 0.25) is 0 Å². The van der Waals surface area contributed by atoms with Gasteiger partial charge in [0.05, 0.1) is 12.0 Å². The van der Waals surface area contributed by atoms with Crippen molar-refractivity contribution in [2.45, 2.75) is 0 Å². The Balaban J connectivity index is 2.58. The smallest absolute Gasteiger partial charge is 0.270 e. The first-order chi connectivity index (χ1) is 8.22. The Bertz CT molecular complexity index is 543. The number of nitro benzene ring substituents is 1. The van der Waals surface area contributed by atoms with Gasteiger partial charge in [0.2, 0.25) is 0 Å². The monoisotopic (exact) mass is 231 g/mol. The lowest BCUT2D eigenvalue weighted by atomic mass is 10.1.